The molecule has 1 heterocycles. The lowest BCUT2D eigenvalue weighted by atomic mass is 10.6. The van der Waals surface area contributed by atoms with E-state index < -0.39 is 12.0 Å². The number of nitrogens with zero attached hydrogens (tertiary/aromatic N) is 4. The summed E-state index contributed by atoms with van der Waals surface area (Å²) in [6, 6.07) is 0. The van der Waals surface area contributed by atoms with Crippen LogP contribution in [-0.4, -0.2) is 20.2 Å². The molecule has 0 aromatic carbocycles. The van der Waals surface area contributed by atoms with Crippen LogP contribution in [0.25, 0.3) is 0 Å². The second-order valence-electron chi connectivity index (χ2n) is 1.50. The molecule has 0 spiro atoms. The van der Waals surface area contributed by atoms with Gasteiger partial charge >= 0.3 is 6.18 Å². The van der Waals surface area contributed by atoms with Gasteiger partial charge in [-0.2, -0.15) is 13.2 Å². The van der Waals surface area contributed by atoms with E-state index in [2.05, 4.69) is 22.6 Å². The molecule has 0 saturated heterocycles. The maximum absolute atomic E-state index is 11.7. The fourth-order valence-electron chi connectivity index (χ4n) is 0.408. The molecule has 0 atom stereocenters. The Balaban J connectivity index is 3.05. The van der Waals surface area contributed by atoms with Gasteiger partial charge in [0.1, 0.15) is 0 Å². The first kappa shape index (κ1) is 6.97. The minimum Gasteiger partial charge on any atom is -0.220 e. The van der Waals surface area contributed by atoms with Crippen LogP contribution in [0.15, 0.2) is 0 Å². The van der Waals surface area contributed by atoms with Crippen molar-refractivity contribution in [3.05, 3.63) is 12.9 Å². The Morgan fingerprint density at radius 1 is 1.40 bits per heavy atom. The summed E-state index contributed by atoms with van der Waals surface area (Å²) in [5, 5.41) is 8.38. The predicted molar refractivity (Wildman–Crippen MR) is 23.6 cm³/mol. The first-order valence-electron chi connectivity index (χ1n) is 2.18. The van der Waals surface area contributed by atoms with Crippen molar-refractivity contribution in [1.29, 1.82) is 0 Å². The molecular weight excluding hydrogens is 149 g/mol. The van der Waals surface area contributed by atoms with Crippen molar-refractivity contribution < 1.29 is 13.2 Å². The Kier molecular flexibility index (Phi) is 1.34. The Hall–Kier alpha value is -1.14. The van der Waals surface area contributed by atoms with E-state index in [9.17, 15) is 13.2 Å². The first-order chi connectivity index (χ1) is 4.52. The summed E-state index contributed by atoms with van der Waals surface area (Å²) in [4.78, 5) is 0. The molecule has 0 aliphatic carbocycles. The average molecular weight is 151 g/mol. The SMILES string of the molecule is [CH2]n1nnnc1C(F)(F)F. The Bertz CT molecular complexity index is 226. The molecule has 7 heteroatoms. The Labute approximate surface area is 53.6 Å². The van der Waals surface area contributed by atoms with E-state index in [1.54, 1.807) is 0 Å². The van der Waals surface area contributed by atoms with Crippen LogP contribution in [-0.2, 0) is 6.18 Å². The summed E-state index contributed by atoms with van der Waals surface area (Å²) in [6.45, 7) is 0. The van der Waals surface area contributed by atoms with Crippen LogP contribution in [0.5, 0.6) is 0 Å². The molecular formula is C3H2F3N4. The van der Waals surface area contributed by atoms with Gasteiger partial charge in [-0.25, -0.2) is 4.68 Å². The van der Waals surface area contributed by atoms with Crippen molar-refractivity contribution in [2.24, 2.45) is 0 Å². The maximum Gasteiger partial charge on any atom is 0.453 e. The molecule has 1 aromatic heterocycles. The molecule has 0 bridgehead atoms. The van der Waals surface area contributed by atoms with E-state index in [1.807, 2.05) is 0 Å². The third kappa shape index (κ3) is 1.07. The average Bonchev–Trinajstić information content (AvgIpc) is 2.11. The van der Waals surface area contributed by atoms with Crippen LogP contribution < -0.4 is 0 Å². The van der Waals surface area contributed by atoms with Gasteiger partial charge in [-0.15, -0.1) is 5.10 Å². The number of aromatic nitrogens is 4. The minimum atomic E-state index is -4.52. The third-order valence-electron chi connectivity index (χ3n) is 0.785. The van der Waals surface area contributed by atoms with Crippen molar-refractivity contribution in [3.63, 3.8) is 0 Å². The summed E-state index contributed by atoms with van der Waals surface area (Å²) in [5.41, 5.74) is 0. The van der Waals surface area contributed by atoms with Crippen LogP contribution >= 0.6 is 0 Å². The van der Waals surface area contributed by atoms with Crippen molar-refractivity contribution in [2.45, 2.75) is 6.18 Å². The van der Waals surface area contributed by atoms with Crippen LogP contribution in [0.4, 0.5) is 13.2 Å². The molecule has 0 aliphatic rings. The van der Waals surface area contributed by atoms with E-state index in [4.69, 9.17) is 0 Å². The second kappa shape index (κ2) is 1.93. The quantitative estimate of drug-likeness (QED) is 0.536. The second-order valence-corrected chi connectivity index (χ2v) is 1.50. The van der Waals surface area contributed by atoms with Gasteiger partial charge in [-0.05, 0) is 10.4 Å². The molecule has 0 amide bonds. The van der Waals surface area contributed by atoms with Gasteiger partial charge in [0.05, 0.1) is 7.05 Å². The lowest BCUT2D eigenvalue weighted by Gasteiger charge is -2.00. The molecule has 0 unspecified atom stereocenters. The highest BCUT2D eigenvalue weighted by Gasteiger charge is 2.36. The van der Waals surface area contributed by atoms with Crippen molar-refractivity contribution in [2.75, 3.05) is 0 Å². The minimum absolute atomic E-state index is 0.319. The highest BCUT2D eigenvalue weighted by Crippen LogP contribution is 2.25. The topological polar surface area (TPSA) is 43.6 Å². The van der Waals surface area contributed by atoms with E-state index in [0.717, 1.165) is 0 Å². The fourth-order valence-corrected chi connectivity index (χ4v) is 0.408. The zero-order chi connectivity index (χ0) is 7.78. The molecule has 1 aromatic rings. The standard InChI is InChI=1S/C3H2F3N4/c1-10-2(3(4,5)6)7-8-9-10/h1H2. The van der Waals surface area contributed by atoms with Crippen LogP contribution in [0.2, 0.25) is 0 Å². The smallest absolute Gasteiger partial charge is 0.220 e. The maximum atomic E-state index is 11.7. The molecule has 0 saturated carbocycles. The molecule has 10 heavy (non-hydrogen) atoms. The van der Waals surface area contributed by atoms with Gasteiger partial charge in [0, 0.05) is 0 Å². The lowest BCUT2D eigenvalue weighted by Crippen LogP contribution is -2.12. The largest absolute Gasteiger partial charge is 0.453 e. The Morgan fingerprint density at radius 2 is 2.00 bits per heavy atom. The highest BCUT2D eigenvalue weighted by atomic mass is 19.4. The summed E-state index contributed by atoms with van der Waals surface area (Å²) < 4.78 is 35.4. The number of hydrogen-bond donors (Lipinski definition) is 0. The lowest BCUT2D eigenvalue weighted by molar-refractivity contribution is -0.146. The van der Waals surface area contributed by atoms with E-state index >= 15 is 0 Å². The van der Waals surface area contributed by atoms with Crippen LogP contribution in [0, 0.1) is 7.05 Å². The molecule has 0 fully saturated rings. The molecule has 4 nitrogen and oxygen atoms in total. The normalized spacial score (nSPS) is 12.0. The number of rotatable bonds is 0. The van der Waals surface area contributed by atoms with Crippen LogP contribution in [0.1, 0.15) is 5.82 Å². The molecule has 1 radical (unpaired) electrons. The number of halogens is 3. The molecule has 1 rings (SSSR count). The van der Waals surface area contributed by atoms with E-state index in [1.165, 1.54) is 0 Å². The van der Waals surface area contributed by atoms with Crippen molar-refractivity contribution in [1.82, 2.24) is 20.2 Å². The first-order valence-corrected chi connectivity index (χ1v) is 2.18. The monoisotopic (exact) mass is 151 g/mol. The van der Waals surface area contributed by atoms with Gasteiger partial charge in [-0.3, -0.25) is 0 Å². The Morgan fingerprint density at radius 3 is 2.20 bits per heavy atom. The van der Waals surface area contributed by atoms with Gasteiger partial charge < -0.3 is 0 Å². The van der Waals surface area contributed by atoms with Gasteiger partial charge in [-0.1, -0.05) is 0 Å². The number of hydrogen-bond acceptors (Lipinski definition) is 3. The number of tetrazole rings is 1. The molecule has 0 N–H and O–H groups in total. The zero-order valence-corrected chi connectivity index (χ0v) is 4.63. The fraction of sp³-hybridized carbons (Fsp3) is 0.333. The number of alkyl halides is 3. The van der Waals surface area contributed by atoms with Crippen LogP contribution in [0.3, 0.4) is 0 Å². The van der Waals surface area contributed by atoms with E-state index in [-0.39, 0.29) is 0 Å². The highest BCUT2D eigenvalue weighted by molar-refractivity contribution is 4.87. The summed E-state index contributed by atoms with van der Waals surface area (Å²) >= 11 is 0. The van der Waals surface area contributed by atoms with Gasteiger partial charge in [0.2, 0.25) is 0 Å². The summed E-state index contributed by atoms with van der Waals surface area (Å²) in [7, 11) is 2.91. The molecule has 55 valence electrons. The third-order valence-corrected chi connectivity index (χ3v) is 0.785. The predicted octanol–water partition coefficient (Wildman–Crippen LogP) is 0.332. The summed E-state index contributed by atoms with van der Waals surface area (Å²) in [6.07, 6.45) is -4.52. The van der Waals surface area contributed by atoms with E-state index in [0.29, 0.717) is 4.68 Å². The van der Waals surface area contributed by atoms with Crippen molar-refractivity contribution in [3.8, 4) is 0 Å². The van der Waals surface area contributed by atoms with Gasteiger partial charge in [0.25, 0.3) is 5.82 Å². The van der Waals surface area contributed by atoms with Crippen molar-refractivity contribution >= 4 is 0 Å². The van der Waals surface area contributed by atoms with Gasteiger partial charge in [0.15, 0.2) is 0 Å². The zero-order valence-electron chi connectivity index (χ0n) is 4.63. The summed E-state index contributed by atoms with van der Waals surface area (Å²) in [5.74, 6) is -1.20. The molecule has 0 aliphatic heterocycles.